The summed E-state index contributed by atoms with van der Waals surface area (Å²) < 4.78 is 14.1. The lowest BCUT2D eigenvalue weighted by atomic mass is 9.81. The van der Waals surface area contributed by atoms with E-state index in [1.54, 1.807) is 12.1 Å². The Morgan fingerprint density at radius 3 is 2.77 bits per heavy atom. The second-order valence-corrected chi connectivity index (χ2v) is 8.43. The van der Waals surface area contributed by atoms with Crippen molar-refractivity contribution in [2.75, 3.05) is 0 Å². The molecule has 30 heavy (non-hydrogen) atoms. The highest BCUT2D eigenvalue weighted by atomic mass is 19.1. The summed E-state index contributed by atoms with van der Waals surface area (Å²) >= 11 is 0. The fourth-order valence-corrected chi connectivity index (χ4v) is 4.51. The summed E-state index contributed by atoms with van der Waals surface area (Å²) in [5.74, 6) is 0.513. The molecular weight excluding hydrogens is 371 g/mol. The Morgan fingerprint density at radius 1 is 1.17 bits per heavy atom. The van der Waals surface area contributed by atoms with Crippen LogP contribution in [0.4, 0.5) is 4.39 Å². The van der Waals surface area contributed by atoms with Gasteiger partial charge < -0.3 is 4.90 Å². The van der Waals surface area contributed by atoms with Gasteiger partial charge in [-0.3, -0.25) is 0 Å². The van der Waals surface area contributed by atoms with Crippen molar-refractivity contribution in [1.29, 1.82) is 5.26 Å². The van der Waals surface area contributed by atoms with Crippen LogP contribution in [-0.4, -0.2) is 4.90 Å². The molecule has 1 aromatic carbocycles. The SMILES string of the molecule is CC1=C2C=CC(C3=C(c4cccc(F)c4)C(C)C(C)CC=C3)=CN2C(C#N)=CCC1. The number of fused-ring (bicyclic) bond motifs is 1. The first-order chi connectivity index (χ1) is 14.5. The molecule has 3 aliphatic rings. The molecule has 2 unspecified atom stereocenters. The van der Waals surface area contributed by atoms with Gasteiger partial charge in [-0.15, -0.1) is 0 Å². The van der Waals surface area contributed by atoms with Crippen molar-refractivity contribution < 1.29 is 4.39 Å². The molecule has 152 valence electrons. The smallest absolute Gasteiger partial charge is 0.123 e. The van der Waals surface area contributed by atoms with Crippen LogP contribution in [0.25, 0.3) is 5.57 Å². The number of rotatable bonds is 2. The van der Waals surface area contributed by atoms with Gasteiger partial charge in [0, 0.05) is 11.9 Å². The molecule has 0 fully saturated rings. The number of halogens is 1. The second kappa shape index (κ2) is 8.32. The number of hydrogen-bond donors (Lipinski definition) is 0. The number of nitrogens with zero attached hydrogens (tertiary/aromatic N) is 2. The van der Waals surface area contributed by atoms with Crippen LogP contribution in [-0.2, 0) is 0 Å². The molecule has 0 bridgehead atoms. The first-order valence-corrected chi connectivity index (χ1v) is 10.7. The maximum Gasteiger partial charge on any atom is 0.123 e. The monoisotopic (exact) mass is 398 g/mol. The molecule has 4 rings (SSSR count). The van der Waals surface area contributed by atoms with Crippen LogP contribution in [0.3, 0.4) is 0 Å². The molecular formula is C27H27FN2. The van der Waals surface area contributed by atoms with Crippen LogP contribution in [0.5, 0.6) is 0 Å². The Morgan fingerprint density at radius 2 is 2.00 bits per heavy atom. The van der Waals surface area contributed by atoms with Gasteiger partial charge in [-0.05, 0) is 90.2 Å². The van der Waals surface area contributed by atoms with E-state index >= 15 is 0 Å². The quantitative estimate of drug-likeness (QED) is 0.534. The Hall–Kier alpha value is -3.12. The minimum atomic E-state index is -0.219. The number of allylic oxidation sites excluding steroid dienone is 10. The summed E-state index contributed by atoms with van der Waals surface area (Å²) in [7, 11) is 0. The van der Waals surface area contributed by atoms with E-state index in [-0.39, 0.29) is 11.7 Å². The van der Waals surface area contributed by atoms with Gasteiger partial charge in [0.05, 0.1) is 0 Å². The predicted octanol–water partition coefficient (Wildman–Crippen LogP) is 7.04. The maximum absolute atomic E-state index is 14.1. The highest BCUT2D eigenvalue weighted by Crippen LogP contribution is 2.41. The third kappa shape index (κ3) is 3.71. The number of nitriles is 1. The van der Waals surface area contributed by atoms with Crippen molar-refractivity contribution in [3.8, 4) is 6.07 Å². The molecule has 2 nitrogen and oxygen atoms in total. The molecule has 2 atom stereocenters. The molecule has 0 aromatic heterocycles. The lowest BCUT2D eigenvalue weighted by Gasteiger charge is -2.28. The normalized spacial score (nSPS) is 24.0. The average molecular weight is 399 g/mol. The van der Waals surface area contributed by atoms with Crippen LogP contribution in [0, 0.1) is 29.0 Å². The van der Waals surface area contributed by atoms with Crippen molar-refractivity contribution in [2.24, 2.45) is 11.8 Å². The van der Waals surface area contributed by atoms with Crippen LogP contribution in [0.1, 0.15) is 45.6 Å². The molecule has 0 spiro atoms. The summed E-state index contributed by atoms with van der Waals surface area (Å²) in [5.41, 5.74) is 7.26. The Kier molecular flexibility index (Phi) is 5.59. The minimum absolute atomic E-state index is 0.219. The van der Waals surface area contributed by atoms with E-state index in [0.717, 1.165) is 47.2 Å². The largest absolute Gasteiger partial charge is 0.308 e. The molecule has 0 radical (unpaired) electrons. The number of benzene rings is 1. The molecule has 2 aliphatic heterocycles. The Labute approximate surface area is 178 Å². The van der Waals surface area contributed by atoms with Gasteiger partial charge in [-0.2, -0.15) is 5.26 Å². The molecule has 2 heterocycles. The van der Waals surface area contributed by atoms with E-state index in [9.17, 15) is 9.65 Å². The fraction of sp³-hybridized carbons (Fsp3) is 0.296. The molecule has 1 aliphatic carbocycles. The Balaban J connectivity index is 1.91. The van der Waals surface area contributed by atoms with E-state index in [1.165, 1.54) is 11.6 Å². The first-order valence-electron chi connectivity index (χ1n) is 10.7. The van der Waals surface area contributed by atoms with E-state index in [2.05, 4.69) is 57.3 Å². The molecule has 0 saturated carbocycles. The van der Waals surface area contributed by atoms with Gasteiger partial charge >= 0.3 is 0 Å². The Bertz CT molecular complexity index is 1090. The van der Waals surface area contributed by atoms with Crippen LogP contribution < -0.4 is 0 Å². The maximum atomic E-state index is 14.1. The van der Waals surface area contributed by atoms with Crippen molar-refractivity contribution >= 4 is 5.57 Å². The van der Waals surface area contributed by atoms with Crippen molar-refractivity contribution in [3.05, 3.63) is 100 Å². The third-order valence-electron chi connectivity index (χ3n) is 6.45. The summed E-state index contributed by atoms with van der Waals surface area (Å²) in [6, 6.07) is 9.26. The average Bonchev–Trinajstić information content (AvgIpc) is 2.99. The van der Waals surface area contributed by atoms with Crippen molar-refractivity contribution in [1.82, 2.24) is 4.90 Å². The van der Waals surface area contributed by atoms with E-state index in [4.69, 9.17) is 0 Å². The molecule has 0 N–H and O–H groups in total. The van der Waals surface area contributed by atoms with Gasteiger partial charge in [0.15, 0.2) is 0 Å². The predicted molar refractivity (Wildman–Crippen MR) is 120 cm³/mol. The van der Waals surface area contributed by atoms with Gasteiger partial charge in [0.1, 0.15) is 17.6 Å². The fourth-order valence-electron chi connectivity index (χ4n) is 4.51. The van der Waals surface area contributed by atoms with Gasteiger partial charge in [-0.25, -0.2) is 4.39 Å². The van der Waals surface area contributed by atoms with Gasteiger partial charge in [0.2, 0.25) is 0 Å². The van der Waals surface area contributed by atoms with Gasteiger partial charge in [0.25, 0.3) is 0 Å². The highest BCUT2D eigenvalue weighted by Gasteiger charge is 2.26. The van der Waals surface area contributed by atoms with Crippen molar-refractivity contribution in [2.45, 2.75) is 40.0 Å². The van der Waals surface area contributed by atoms with E-state index in [0.29, 0.717) is 11.6 Å². The lowest BCUT2D eigenvalue weighted by Crippen LogP contribution is -2.18. The van der Waals surface area contributed by atoms with Crippen LogP contribution >= 0.6 is 0 Å². The van der Waals surface area contributed by atoms with E-state index < -0.39 is 0 Å². The van der Waals surface area contributed by atoms with Crippen LogP contribution in [0.15, 0.2) is 89.0 Å². The highest BCUT2D eigenvalue weighted by molar-refractivity contribution is 5.78. The molecule has 0 saturated heterocycles. The van der Waals surface area contributed by atoms with Crippen molar-refractivity contribution in [3.63, 3.8) is 0 Å². The third-order valence-corrected chi connectivity index (χ3v) is 6.45. The standard InChI is InChI=1S/C27H27FN2/c1-18-7-5-12-25(27(20(18)3)21-9-6-10-23(28)15-21)22-13-14-26-19(2)8-4-11-24(16-29)30(26)17-22/h5-6,9-15,17-18,20H,4,7-8H2,1-3H3. The zero-order valence-electron chi connectivity index (χ0n) is 17.8. The molecule has 3 heteroatoms. The van der Waals surface area contributed by atoms with Crippen LogP contribution in [0.2, 0.25) is 0 Å². The topological polar surface area (TPSA) is 27.0 Å². The van der Waals surface area contributed by atoms with Gasteiger partial charge in [-0.1, -0.05) is 44.2 Å². The van der Waals surface area contributed by atoms with E-state index in [1.807, 2.05) is 17.0 Å². The zero-order chi connectivity index (χ0) is 21.3. The summed E-state index contributed by atoms with van der Waals surface area (Å²) in [4.78, 5) is 2.01. The first kappa shape index (κ1) is 20.2. The summed E-state index contributed by atoms with van der Waals surface area (Å²) in [5, 5.41) is 9.72. The minimum Gasteiger partial charge on any atom is -0.308 e. The lowest BCUT2D eigenvalue weighted by molar-refractivity contribution is 0.479. The summed E-state index contributed by atoms with van der Waals surface area (Å²) in [6.07, 6.45) is 15.5. The molecule has 1 aromatic rings. The molecule has 0 amide bonds. The second-order valence-electron chi connectivity index (χ2n) is 8.43. The summed E-state index contributed by atoms with van der Waals surface area (Å²) in [6.45, 7) is 6.61. The number of hydrogen-bond acceptors (Lipinski definition) is 2. The zero-order valence-corrected chi connectivity index (χ0v) is 17.8.